The fourth-order valence-electron chi connectivity index (χ4n) is 2.26. The number of hydrogen-bond acceptors (Lipinski definition) is 3. The lowest BCUT2D eigenvalue weighted by molar-refractivity contribution is -0.144. The number of rotatable bonds is 7. The first kappa shape index (κ1) is 17.1. The molecule has 1 aliphatic heterocycles. The molecular weight excluding hydrogens is 296 g/mol. The SMILES string of the molecule is CCCCCCC1(C/C=C(\C)Cl)C(=O)NC(=S)NC1=O. The lowest BCUT2D eigenvalue weighted by Crippen LogP contribution is -2.62. The first-order valence-corrected chi connectivity index (χ1v) is 7.70. The quantitative estimate of drug-likeness (QED) is 0.431. The zero-order valence-corrected chi connectivity index (χ0v) is 13.5. The molecule has 1 fully saturated rings. The summed E-state index contributed by atoms with van der Waals surface area (Å²) in [6, 6.07) is 0. The molecule has 0 aromatic heterocycles. The van der Waals surface area contributed by atoms with Crippen molar-refractivity contribution in [3.63, 3.8) is 0 Å². The topological polar surface area (TPSA) is 58.2 Å². The van der Waals surface area contributed by atoms with Gasteiger partial charge in [0, 0.05) is 5.03 Å². The Labute approximate surface area is 130 Å². The number of allylic oxidation sites excluding steroid dienone is 2. The van der Waals surface area contributed by atoms with Gasteiger partial charge in [-0.25, -0.2) is 0 Å². The maximum atomic E-state index is 12.3. The number of amides is 2. The maximum absolute atomic E-state index is 12.3. The molecule has 0 unspecified atom stereocenters. The van der Waals surface area contributed by atoms with E-state index >= 15 is 0 Å². The van der Waals surface area contributed by atoms with Crippen molar-refractivity contribution in [1.29, 1.82) is 0 Å². The lowest BCUT2D eigenvalue weighted by Gasteiger charge is -2.34. The average molecular weight is 317 g/mol. The number of thiocarbonyl (C=S) groups is 1. The van der Waals surface area contributed by atoms with E-state index in [0.717, 1.165) is 25.7 Å². The van der Waals surface area contributed by atoms with Crippen LogP contribution in [0.3, 0.4) is 0 Å². The second-order valence-electron chi connectivity index (χ2n) is 5.13. The highest BCUT2D eigenvalue weighted by Gasteiger charge is 2.47. The van der Waals surface area contributed by atoms with E-state index in [2.05, 4.69) is 17.6 Å². The molecule has 0 aliphatic carbocycles. The van der Waals surface area contributed by atoms with Gasteiger partial charge in [-0.1, -0.05) is 50.3 Å². The van der Waals surface area contributed by atoms with E-state index in [-0.39, 0.29) is 16.9 Å². The molecule has 0 saturated carbocycles. The van der Waals surface area contributed by atoms with E-state index in [4.69, 9.17) is 23.8 Å². The predicted octanol–water partition coefficient (Wildman–Crippen LogP) is 3.01. The lowest BCUT2D eigenvalue weighted by atomic mass is 9.76. The van der Waals surface area contributed by atoms with Gasteiger partial charge in [0.15, 0.2) is 5.11 Å². The number of unbranched alkanes of at least 4 members (excludes halogenated alkanes) is 3. The Kier molecular flexibility index (Phi) is 6.62. The smallest absolute Gasteiger partial charge is 0.242 e. The molecule has 1 heterocycles. The molecule has 0 bridgehead atoms. The Balaban J connectivity index is 2.87. The fourth-order valence-corrected chi connectivity index (χ4v) is 2.53. The summed E-state index contributed by atoms with van der Waals surface area (Å²) in [4.78, 5) is 24.6. The molecule has 6 heteroatoms. The molecule has 0 spiro atoms. The number of carbonyl (C=O) groups is 2. The van der Waals surface area contributed by atoms with Crippen molar-refractivity contribution in [1.82, 2.24) is 10.6 Å². The Morgan fingerprint density at radius 1 is 1.25 bits per heavy atom. The minimum Gasteiger partial charge on any atom is -0.302 e. The van der Waals surface area contributed by atoms with Crippen LogP contribution in [0.4, 0.5) is 0 Å². The summed E-state index contributed by atoms with van der Waals surface area (Å²) in [7, 11) is 0. The van der Waals surface area contributed by atoms with E-state index in [0.29, 0.717) is 17.9 Å². The summed E-state index contributed by atoms with van der Waals surface area (Å²) in [5.41, 5.74) is -1.09. The molecule has 2 amide bonds. The van der Waals surface area contributed by atoms with Gasteiger partial charge in [-0.15, -0.1) is 0 Å². The molecule has 1 rings (SSSR count). The van der Waals surface area contributed by atoms with Gasteiger partial charge in [-0.3, -0.25) is 9.59 Å². The maximum Gasteiger partial charge on any atom is 0.242 e. The van der Waals surface area contributed by atoms with Crippen molar-refractivity contribution in [3.8, 4) is 0 Å². The average Bonchev–Trinajstić information content (AvgIpc) is 2.36. The molecule has 4 nitrogen and oxygen atoms in total. The van der Waals surface area contributed by atoms with E-state index in [1.807, 2.05) is 0 Å². The summed E-state index contributed by atoms with van der Waals surface area (Å²) in [5, 5.41) is 5.76. The van der Waals surface area contributed by atoms with Gasteiger partial charge in [-0.2, -0.15) is 0 Å². The molecule has 1 saturated heterocycles. The highest BCUT2D eigenvalue weighted by atomic mass is 35.5. The van der Waals surface area contributed by atoms with Crippen molar-refractivity contribution in [3.05, 3.63) is 11.1 Å². The minimum atomic E-state index is -1.09. The van der Waals surface area contributed by atoms with Crippen molar-refractivity contribution >= 4 is 40.7 Å². The molecule has 0 aromatic rings. The van der Waals surface area contributed by atoms with Crippen molar-refractivity contribution in [2.24, 2.45) is 5.41 Å². The molecular formula is C14H21ClN2O2S. The molecule has 20 heavy (non-hydrogen) atoms. The van der Waals surface area contributed by atoms with Crippen LogP contribution in [0.2, 0.25) is 0 Å². The molecule has 0 aromatic carbocycles. The van der Waals surface area contributed by atoms with E-state index in [1.54, 1.807) is 13.0 Å². The number of carbonyl (C=O) groups excluding carboxylic acids is 2. The van der Waals surface area contributed by atoms with Crippen LogP contribution in [-0.4, -0.2) is 16.9 Å². The van der Waals surface area contributed by atoms with Crippen molar-refractivity contribution in [2.45, 2.75) is 52.4 Å². The summed E-state index contributed by atoms with van der Waals surface area (Å²) >= 11 is 10.7. The summed E-state index contributed by atoms with van der Waals surface area (Å²) in [5.74, 6) is -0.645. The van der Waals surface area contributed by atoms with Gasteiger partial charge in [0.2, 0.25) is 11.8 Å². The number of nitrogens with one attached hydrogen (secondary N) is 2. The van der Waals surface area contributed by atoms with Gasteiger partial charge in [0.25, 0.3) is 0 Å². The van der Waals surface area contributed by atoms with Crippen LogP contribution in [-0.2, 0) is 9.59 Å². The largest absolute Gasteiger partial charge is 0.302 e. The standard InChI is InChI=1S/C14H21ClN2O2S/c1-3-4-5-6-8-14(9-7-10(2)15)11(18)16-13(20)17-12(14)19/h7H,3-6,8-9H2,1-2H3,(H2,16,17,18,19,20)/b10-7+. The fraction of sp³-hybridized carbons (Fsp3) is 0.643. The monoisotopic (exact) mass is 316 g/mol. The third-order valence-electron chi connectivity index (χ3n) is 3.51. The van der Waals surface area contributed by atoms with E-state index in [1.165, 1.54) is 0 Å². The van der Waals surface area contributed by atoms with Crippen molar-refractivity contribution in [2.75, 3.05) is 0 Å². The van der Waals surface area contributed by atoms with Crippen LogP contribution in [0.5, 0.6) is 0 Å². The zero-order valence-electron chi connectivity index (χ0n) is 11.9. The summed E-state index contributed by atoms with van der Waals surface area (Å²) in [6.45, 7) is 3.85. The van der Waals surface area contributed by atoms with Crippen LogP contribution >= 0.6 is 23.8 Å². The molecule has 0 radical (unpaired) electrons. The first-order valence-electron chi connectivity index (χ1n) is 6.91. The molecule has 112 valence electrons. The van der Waals surface area contributed by atoms with Crippen LogP contribution in [0.25, 0.3) is 0 Å². The number of halogens is 1. The van der Waals surface area contributed by atoms with Crippen LogP contribution < -0.4 is 10.6 Å². The van der Waals surface area contributed by atoms with Gasteiger partial charge < -0.3 is 10.6 Å². The normalized spacial score (nSPS) is 18.8. The van der Waals surface area contributed by atoms with E-state index in [9.17, 15) is 9.59 Å². The van der Waals surface area contributed by atoms with Gasteiger partial charge in [0.05, 0.1) is 0 Å². The molecule has 2 N–H and O–H groups in total. The highest BCUT2D eigenvalue weighted by molar-refractivity contribution is 7.80. The molecule has 0 atom stereocenters. The molecule has 1 aliphatic rings. The van der Waals surface area contributed by atoms with Gasteiger partial charge in [-0.05, 0) is 32.0 Å². The highest BCUT2D eigenvalue weighted by Crippen LogP contribution is 2.33. The third kappa shape index (κ3) is 4.28. The van der Waals surface area contributed by atoms with Crippen LogP contribution in [0.1, 0.15) is 52.4 Å². The van der Waals surface area contributed by atoms with Gasteiger partial charge in [0.1, 0.15) is 5.41 Å². The predicted molar refractivity (Wildman–Crippen MR) is 84.3 cm³/mol. The van der Waals surface area contributed by atoms with Crippen LogP contribution in [0.15, 0.2) is 11.1 Å². The van der Waals surface area contributed by atoms with Crippen LogP contribution in [0, 0.1) is 5.41 Å². The zero-order chi connectivity index (χ0) is 15.2. The Hall–Kier alpha value is -0.940. The minimum absolute atomic E-state index is 0.0794. The Bertz CT molecular complexity index is 411. The third-order valence-corrected chi connectivity index (χ3v) is 3.87. The van der Waals surface area contributed by atoms with Gasteiger partial charge >= 0.3 is 0 Å². The van der Waals surface area contributed by atoms with Crippen molar-refractivity contribution < 1.29 is 9.59 Å². The van der Waals surface area contributed by atoms with E-state index < -0.39 is 5.41 Å². The first-order chi connectivity index (χ1) is 9.42. The Morgan fingerprint density at radius 2 is 1.85 bits per heavy atom. The Morgan fingerprint density at radius 3 is 2.35 bits per heavy atom. The second-order valence-corrected chi connectivity index (χ2v) is 6.13. The number of hydrogen-bond donors (Lipinski definition) is 2. The summed E-state index contributed by atoms with van der Waals surface area (Å²) < 4.78 is 0. The summed E-state index contributed by atoms with van der Waals surface area (Å²) in [6.07, 6.45) is 6.57. The second kappa shape index (κ2) is 7.74.